The third kappa shape index (κ3) is 3.34. The van der Waals surface area contributed by atoms with Gasteiger partial charge in [-0.15, -0.1) is 0 Å². The molecule has 3 nitrogen and oxygen atoms in total. The molecule has 0 fully saturated rings. The van der Waals surface area contributed by atoms with E-state index in [0.717, 1.165) is 0 Å². The van der Waals surface area contributed by atoms with Crippen molar-refractivity contribution in [1.29, 1.82) is 5.26 Å². The van der Waals surface area contributed by atoms with E-state index >= 15 is 0 Å². The van der Waals surface area contributed by atoms with Gasteiger partial charge in [-0.05, 0) is 24.6 Å². The first kappa shape index (κ1) is 11.1. The lowest BCUT2D eigenvalue weighted by molar-refractivity contribution is 0.290. The summed E-state index contributed by atoms with van der Waals surface area (Å²) in [5.41, 5.74) is 7.50. The highest BCUT2D eigenvalue weighted by Gasteiger charge is 1.96. The quantitative estimate of drug-likeness (QED) is 0.429. The van der Waals surface area contributed by atoms with Crippen LogP contribution in [0.1, 0.15) is 24.0 Å². The van der Waals surface area contributed by atoms with Crippen molar-refractivity contribution >= 4 is 5.69 Å². The van der Waals surface area contributed by atoms with E-state index in [4.69, 9.17) is 16.1 Å². The number of hydrogen-bond donors (Lipinski definition) is 2. The molecule has 0 saturated carbocycles. The van der Waals surface area contributed by atoms with Crippen molar-refractivity contribution in [2.75, 3.05) is 12.3 Å². The summed E-state index contributed by atoms with van der Waals surface area (Å²) in [7, 11) is 0. The molecule has 1 rings (SSSR count). The lowest BCUT2D eigenvalue weighted by atomic mass is 10.1. The Bertz CT molecular complexity index is 435. The summed E-state index contributed by atoms with van der Waals surface area (Å²) in [6, 6.07) is 7.04. The first-order valence-electron chi connectivity index (χ1n) is 4.67. The standard InChI is InChI=1S/C12H12N2O/c13-9-10-5-6-12(14)11(8-10)4-2-1-3-7-15/h5-6,8,15H,1,3,7,14H2. The van der Waals surface area contributed by atoms with Crippen molar-refractivity contribution in [3.8, 4) is 17.9 Å². The Morgan fingerprint density at radius 3 is 2.87 bits per heavy atom. The van der Waals surface area contributed by atoms with Gasteiger partial charge in [0.1, 0.15) is 0 Å². The molecule has 1 aromatic rings. The number of benzene rings is 1. The van der Waals surface area contributed by atoms with Gasteiger partial charge in [0.05, 0.1) is 11.6 Å². The zero-order chi connectivity index (χ0) is 11.1. The normalized spacial score (nSPS) is 8.80. The van der Waals surface area contributed by atoms with Crippen molar-refractivity contribution in [1.82, 2.24) is 0 Å². The summed E-state index contributed by atoms with van der Waals surface area (Å²) in [6.07, 6.45) is 1.29. The number of anilines is 1. The number of nitrogens with zero attached hydrogens (tertiary/aromatic N) is 1. The van der Waals surface area contributed by atoms with E-state index in [-0.39, 0.29) is 6.61 Å². The Morgan fingerprint density at radius 1 is 1.40 bits per heavy atom. The molecule has 0 heterocycles. The third-order valence-electron chi connectivity index (χ3n) is 1.87. The second-order valence-electron chi connectivity index (χ2n) is 3.04. The molecule has 0 radical (unpaired) electrons. The Morgan fingerprint density at radius 2 is 2.20 bits per heavy atom. The molecule has 3 N–H and O–H groups in total. The van der Waals surface area contributed by atoms with Gasteiger partial charge in [-0.1, -0.05) is 11.8 Å². The van der Waals surface area contributed by atoms with Gasteiger partial charge in [0.15, 0.2) is 0 Å². The van der Waals surface area contributed by atoms with Crippen LogP contribution in [0, 0.1) is 23.2 Å². The van der Waals surface area contributed by atoms with Crippen LogP contribution in [0.25, 0.3) is 0 Å². The van der Waals surface area contributed by atoms with Crippen LogP contribution in [0.2, 0.25) is 0 Å². The highest BCUT2D eigenvalue weighted by atomic mass is 16.2. The van der Waals surface area contributed by atoms with Gasteiger partial charge < -0.3 is 10.8 Å². The molecule has 0 aliphatic heterocycles. The summed E-state index contributed by atoms with van der Waals surface area (Å²) in [4.78, 5) is 0. The monoisotopic (exact) mass is 200 g/mol. The predicted octanol–water partition coefficient (Wildman–Crippen LogP) is 1.26. The van der Waals surface area contributed by atoms with Crippen molar-refractivity contribution in [2.24, 2.45) is 0 Å². The number of nitriles is 1. The lowest BCUT2D eigenvalue weighted by Crippen LogP contribution is -1.90. The summed E-state index contributed by atoms with van der Waals surface area (Å²) >= 11 is 0. The van der Waals surface area contributed by atoms with E-state index < -0.39 is 0 Å². The molecule has 0 bridgehead atoms. The fourth-order valence-electron chi connectivity index (χ4n) is 1.06. The average molecular weight is 200 g/mol. The second kappa shape index (κ2) is 5.70. The van der Waals surface area contributed by atoms with Crippen LogP contribution in [0.5, 0.6) is 0 Å². The first-order valence-corrected chi connectivity index (χ1v) is 4.67. The van der Waals surface area contributed by atoms with Crippen LogP contribution in [-0.4, -0.2) is 11.7 Å². The largest absolute Gasteiger partial charge is 0.398 e. The topological polar surface area (TPSA) is 70.0 Å². The number of unbranched alkanes of at least 4 members (excludes halogenated alkanes) is 1. The Kier molecular flexibility index (Phi) is 4.22. The zero-order valence-electron chi connectivity index (χ0n) is 8.33. The van der Waals surface area contributed by atoms with Crippen molar-refractivity contribution in [2.45, 2.75) is 12.8 Å². The smallest absolute Gasteiger partial charge is 0.0992 e. The van der Waals surface area contributed by atoms with E-state index in [0.29, 0.717) is 29.7 Å². The van der Waals surface area contributed by atoms with Gasteiger partial charge >= 0.3 is 0 Å². The minimum Gasteiger partial charge on any atom is -0.398 e. The maximum atomic E-state index is 8.69. The number of aliphatic hydroxyl groups excluding tert-OH is 1. The van der Waals surface area contributed by atoms with E-state index in [2.05, 4.69) is 11.8 Å². The lowest BCUT2D eigenvalue weighted by Gasteiger charge is -1.97. The number of aliphatic hydroxyl groups is 1. The fourth-order valence-corrected chi connectivity index (χ4v) is 1.06. The molecule has 0 spiro atoms. The maximum Gasteiger partial charge on any atom is 0.0992 e. The van der Waals surface area contributed by atoms with E-state index in [1.807, 2.05) is 6.07 Å². The summed E-state index contributed by atoms with van der Waals surface area (Å²) in [6.45, 7) is 0.141. The van der Waals surface area contributed by atoms with Crippen LogP contribution in [0.15, 0.2) is 18.2 Å². The molecule has 0 amide bonds. The van der Waals surface area contributed by atoms with Gasteiger partial charge in [-0.25, -0.2) is 0 Å². The van der Waals surface area contributed by atoms with E-state index in [9.17, 15) is 0 Å². The van der Waals surface area contributed by atoms with Crippen molar-refractivity contribution in [3.63, 3.8) is 0 Å². The number of nitrogen functional groups attached to an aromatic ring is 1. The third-order valence-corrected chi connectivity index (χ3v) is 1.87. The van der Waals surface area contributed by atoms with Gasteiger partial charge in [0.25, 0.3) is 0 Å². The van der Waals surface area contributed by atoms with E-state index in [1.54, 1.807) is 18.2 Å². The summed E-state index contributed by atoms with van der Waals surface area (Å²) in [5.74, 6) is 5.78. The van der Waals surface area contributed by atoms with Crippen molar-refractivity contribution in [3.05, 3.63) is 29.3 Å². The Labute approximate surface area is 89.1 Å². The minimum atomic E-state index is 0.141. The SMILES string of the molecule is N#Cc1ccc(N)c(C#CCCCO)c1. The van der Waals surface area contributed by atoms with Crippen LogP contribution >= 0.6 is 0 Å². The molecule has 0 unspecified atom stereocenters. The zero-order valence-corrected chi connectivity index (χ0v) is 8.33. The van der Waals surface area contributed by atoms with E-state index in [1.165, 1.54) is 0 Å². The Hall–Kier alpha value is -1.97. The van der Waals surface area contributed by atoms with Gasteiger partial charge in [-0.2, -0.15) is 5.26 Å². The van der Waals surface area contributed by atoms with Gasteiger partial charge in [0.2, 0.25) is 0 Å². The highest BCUT2D eigenvalue weighted by Crippen LogP contribution is 2.12. The second-order valence-corrected chi connectivity index (χ2v) is 3.04. The van der Waals surface area contributed by atoms with Crippen LogP contribution in [-0.2, 0) is 0 Å². The molecular weight excluding hydrogens is 188 g/mol. The molecule has 76 valence electrons. The number of hydrogen-bond acceptors (Lipinski definition) is 3. The maximum absolute atomic E-state index is 8.69. The summed E-state index contributed by atoms with van der Waals surface area (Å²) in [5, 5.41) is 17.3. The molecule has 0 atom stereocenters. The molecule has 0 saturated heterocycles. The fraction of sp³-hybridized carbons (Fsp3) is 0.250. The predicted molar refractivity (Wildman–Crippen MR) is 58.8 cm³/mol. The first-order chi connectivity index (χ1) is 7.27. The molecule has 15 heavy (non-hydrogen) atoms. The molecule has 0 aromatic heterocycles. The van der Waals surface area contributed by atoms with Gasteiger partial charge in [-0.3, -0.25) is 0 Å². The number of nitrogens with two attached hydrogens (primary N) is 1. The van der Waals surface area contributed by atoms with Crippen molar-refractivity contribution < 1.29 is 5.11 Å². The summed E-state index contributed by atoms with van der Waals surface area (Å²) < 4.78 is 0. The molecule has 0 aliphatic carbocycles. The average Bonchev–Trinajstić information content (AvgIpc) is 2.26. The molecular formula is C12H12N2O. The minimum absolute atomic E-state index is 0.141. The van der Waals surface area contributed by atoms with Gasteiger partial charge in [0, 0.05) is 24.3 Å². The molecule has 0 aliphatic rings. The van der Waals surface area contributed by atoms with Crippen LogP contribution < -0.4 is 5.73 Å². The molecule has 3 heteroatoms. The Balaban J connectivity index is 2.83. The van der Waals surface area contributed by atoms with Crippen LogP contribution in [0.4, 0.5) is 5.69 Å². The number of rotatable bonds is 2. The van der Waals surface area contributed by atoms with Crippen LogP contribution in [0.3, 0.4) is 0 Å². The highest BCUT2D eigenvalue weighted by molar-refractivity contribution is 5.58. The molecule has 1 aromatic carbocycles.